The number of aromatic nitrogens is 1. The molecule has 0 saturated heterocycles. The number of carbonyl (C=O) groups excluding carboxylic acids is 2. The first-order chi connectivity index (χ1) is 9.88. The lowest BCUT2D eigenvalue weighted by atomic mass is 10.2. The Morgan fingerprint density at radius 3 is 2.52 bits per heavy atom. The van der Waals surface area contributed by atoms with Crippen molar-refractivity contribution in [2.75, 3.05) is 5.73 Å². The molecule has 21 heavy (non-hydrogen) atoms. The van der Waals surface area contributed by atoms with Gasteiger partial charge in [0.1, 0.15) is 11.7 Å². The van der Waals surface area contributed by atoms with Crippen LogP contribution in [0, 0.1) is 0 Å². The van der Waals surface area contributed by atoms with Crippen LogP contribution in [0.15, 0.2) is 24.3 Å². The first-order valence-electron chi connectivity index (χ1n) is 6.87. The first kappa shape index (κ1) is 14.9. The van der Waals surface area contributed by atoms with Crippen LogP contribution in [0.2, 0.25) is 0 Å². The minimum absolute atomic E-state index is 0.0322. The number of hydrogen-bond donors (Lipinski definition) is 4. The Hall–Kier alpha value is -2.50. The summed E-state index contributed by atoms with van der Waals surface area (Å²) < 4.78 is 0. The molecule has 0 bridgehead atoms. The molecule has 1 aromatic carbocycles. The molecule has 0 spiro atoms. The van der Waals surface area contributed by atoms with E-state index in [1.54, 1.807) is 19.1 Å². The molecular formula is C15H20N4O2. The highest BCUT2D eigenvalue weighted by Gasteiger charge is 2.18. The molecule has 0 aliphatic rings. The zero-order valence-corrected chi connectivity index (χ0v) is 12.4. The van der Waals surface area contributed by atoms with Crippen molar-refractivity contribution >= 4 is 28.4 Å². The number of carbonyl (C=O) groups is 2. The standard InChI is InChI=1S/C15H20N4O2/c1-8(2)17-14(20)9(3)18-15(21)12-7-10-5-4-6-11(16)13(10)19-12/h4-9,19H,16H2,1-3H3,(H,17,20)(H,18,21). The van der Waals surface area contributed by atoms with Gasteiger partial charge in [-0.3, -0.25) is 9.59 Å². The van der Waals surface area contributed by atoms with E-state index in [9.17, 15) is 9.59 Å². The summed E-state index contributed by atoms with van der Waals surface area (Å²) in [6.45, 7) is 5.38. The molecule has 0 saturated carbocycles. The normalized spacial score (nSPS) is 12.4. The van der Waals surface area contributed by atoms with Gasteiger partial charge >= 0.3 is 0 Å². The van der Waals surface area contributed by atoms with Crippen molar-refractivity contribution in [1.82, 2.24) is 15.6 Å². The molecule has 0 radical (unpaired) electrons. The molecule has 5 N–H and O–H groups in total. The van der Waals surface area contributed by atoms with E-state index in [0.29, 0.717) is 11.4 Å². The second kappa shape index (κ2) is 5.87. The van der Waals surface area contributed by atoms with Gasteiger partial charge in [-0.1, -0.05) is 12.1 Å². The number of amides is 2. The Labute approximate surface area is 123 Å². The molecule has 6 heteroatoms. The maximum Gasteiger partial charge on any atom is 0.268 e. The number of nitrogen functional groups attached to an aromatic ring is 1. The zero-order valence-electron chi connectivity index (χ0n) is 12.4. The van der Waals surface area contributed by atoms with Crippen LogP contribution in [0.3, 0.4) is 0 Å². The predicted molar refractivity (Wildman–Crippen MR) is 82.9 cm³/mol. The Balaban J connectivity index is 2.12. The van der Waals surface area contributed by atoms with Crippen LogP contribution in [-0.2, 0) is 4.79 Å². The molecule has 1 heterocycles. The van der Waals surface area contributed by atoms with E-state index in [1.807, 2.05) is 26.0 Å². The van der Waals surface area contributed by atoms with Gasteiger partial charge in [0.05, 0.1) is 11.2 Å². The van der Waals surface area contributed by atoms with Crippen molar-refractivity contribution < 1.29 is 9.59 Å². The van der Waals surface area contributed by atoms with Gasteiger partial charge < -0.3 is 21.4 Å². The molecule has 1 aromatic heterocycles. The zero-order chi connectivity index (χ0) is 15.6. The van der Waals surface area contributed by atoms with Crippen molar-refractivity contribution in [3.8, 4) is 0 Å². The van der Waals surface area contributed by atoms with Crippen LogP contribution in [-0.4, -0.2) is 28.9 Å². The number of para-hydroxylation sites is 1. The van der Waals surface area contributed by atoms with Crippen molar-refractivity contribution in [3.05, 3.63) is 30.0 Å². The Bertz CT molecular complexity index is 675. The van der Waals surface area contributed by atoms with Crippen LogP contribution >= 0.6 is 0 Å². The van der Waals surface area contributed by atoms with Crippen molar-refractivity contribution in [2.45, 2.75) is 32.9 Å². The third-order valence-corrected chi connectivity index (χ3v) is 3.10. The molecular weight excluding hydrogens is 268 g/mol. The number of anilines is 1. The molecule has 0 aliphatic heterocycles. The van der Waals surface area contributed by atoms with Crippen molar-refractivity contribution in [1.29, 1.82) is 0 Å². The number of hydrogen-bond acceptors (Lipinski definition) is 3. The van der Waals surface area contributed by atoms with E-state index < -0.39 is 6.04 Å². The molecule has 0 aliphatic carbocycles. The first-order valence-corrected chi connectivity index (χ1v) is 6.87. The molecule has 112 valence electrons. The van der Waals surface area contributed by atoms with Gasteiger partial charge in [-0.15, -0.1) is 0 Å². The third-order valence-electron chi connectivity index (χ3n) is 3.10. The molecule has 2 amide bonds. The fourth-order valence-electron chi connectivity index (χ4n) is 2.05. The van der Waals surface area contributed by atoms with Gasteiger partial charge in [0.25, 0.3) is 5.91 Å². The van der Waals surface area contributed by atoms with E-state index in [1.165, 1.54) is 0 Å². The summed E-state index contributed by atoms with van der Waals surface area (Å²) >= 11 is 0. The third kappa shape index (κ3) is 3.34. The molecule has 0 fully saturated rings. The van der Waals surface area contributed by atoms with Crippen LogP contribution in [0.5, 0.6) is 0 Å². The van der Waals surface area contributed by atoms with Crippen LogP contribution in [0.1, 0.15) is 31.3 Å². The number of aromatic amines is 1. The highest BCUT2D eigenvalue weighted by Crippen LogP contribution is 2.21. The lowest BCUT2D eigenvalue weighted by Crippen LogP contribution is -2.46. The second-order valence-electron chi connectivity index (χ2n) is 5.35. The van der Waals surface area contributed by atoms with E-state index in [2.05, 4.69) is 15.6 Å². The summed E-state index contributed by atoms with van der Waals surface area (Å²) in [6.07, 6.45) is 0. The molecule has 6 nitrogen and oxygen atoms in total. The number of benzene rings is 1. The minimum atomic E-state index is -0.608. The fourth-order valence-corrected chi connectivity index (χ4v) is 2.05. The monoisotopic (exact) mass is 288 g/mol. The van der Waals surface area contributed by atoms with Crippen LogP contribution in [0.4, 0.5) is 5.69 Å². The quantitative estimate of drug-likeness (QED) is 0.640. The van der Waals surface area contributed by atoms with Gasteiger partial charge in [0.15, 0.2) is 0 Å². The van der Waals surface area contributed by atoms with Crippen molar-refractivity contribution in [2.24, 2.45) is 0 Å². The Morgan fingerprint density at radius 1 is 1.19 bits per heavy atom. The summed E-state index contributed by atoms with van der Waals surface area (Å²) in [6, 6.07) is 6.60. The Morgan fingerprint density at radius 2 is 1.90 bits per heavy atom. The van der Waals surface area contributed by atoms with Gasteiger partial charge in [0, 0.05) is 11.4 Å². The maximum absolute atomic E-state index is 12.2. The molecule has 2 aromatic rings. The van der Waals surface area contributed by atoms with Gasteiger partial charge in [-0.25, -0.2) is 0 Å². The Kier molecular flexibility index (Phi) is 4.16. The second-order valence-corrected chi connectivity index (χ2v) is 5.35. The van der Waals surface area contributed by atoms with Gasteiger partial charge in [-0.05, 0) is 32.9 Å². The van der Waals surface area contributed by atoms with E-state index in [-0.39, 0.29) is 17.9 Å². The SMILES string of the molecule is CC(C)NC(=O)C(C)NC(=O)c1cc2cccc(N)c2[nH]1. The van der Waals surface area contributed by atoms with Crippen molar-refractivity contribution in [3.63, 3.8) is 0 Å². The molecule has 1 atom stereocenters. The van der Waals surface area contributed by atoms with E-state index >= 15 is 0 Å². The molecule has 1 unspecified atom stereocenters. The van der Waals surface area contributed by atoms with Crippen LogP contribution in [0.25, 0.3) is 10.9 Å². The average Bonchev–Trinajstić information content (AvgIpc) is 2.83. The maximum atomic E-state index is 12.2. The highest BCUT2D eigenvalue weighted by molar-refractivity contribution is 6.02. The predicted octanol–water partition coefficient (Wildman–Crippen LogP) is 1.39. The number of H-pyrrole nitrogens is 1. The summed E-state index contributed by atoms with van der Waals surface area (Å²) in [5.74, 6) is -0.550. The number of nitrogens with two attached hydrogens (primary N) is 1. The minimum Gasteiger partial charge on any atom is -0.397 e. The summed E-state index contributed by atoms with van der Waals surface area (Å²) in [5, 5.41) is 6.27. The highest BCUT2D eigenvalue weighted by atomic mass is 16.2. The summed E-state index contributed by atoms with van der Waals surface area (Å²) in [5.41, 5.74) is 7.53. The van der Waals surface area contributed by atoms with Gasteiger partial charge in [-0.2, -0.15) is 0 Å². The fraction of sp³-hybridized carbons (Fsp3) is 0.333. The van der Waals surface area contributed by atoms with E-state index in [0.717, 1.165) is 10.9 Å². The largest absolute Gasteiger partial charge is 0.397 e. The van der Waals surface area contributed by atoms with Gasteiger partial charge in [0.2, 0.25) is 5.91 Å². The van der Waals surface area contributed by atoms with E-state index in [4.69, 9.17) is 5.73 Å². The average molecular weight is 288 g/mol. The topological polar surface area (TPSA) is 100 Å². The summed E-state index contributed by atoms with van der Waals surface area (Å²) in [7, 11) is 0. The summed E-state index contributed by atoms with van der Waals surface area (Å²) in [4.78, 5) is 26.9. The lowest BCUT2D eigenvalue weighted by molar-refractivity contribution is -0.123. The van der Waals surface area contributed by atoms with Crippen LogP contribution < -0.4 is 16.4 Å². The number of rotatable bonds is 4. The molecule has 2 rings (SSSR count). The number of fused-ring (bicyclic) bond motifs is 1. The lowest BCUT2D eigenvalue weighted by Gasteiger charge is -2.15. The smallest absolute Gasteiger partial charge is 0.268 e. The number of nitrogens with one attached hydrogen (secondary N) is 3.